The first-order valence-electron chi connectivity index (χ1n) is 9.16. The fraction of sp³-hybridized carbons (Fsp3) is 0.217. The Morgan fingerprint density at radius 3 is 2.56 bits per heavy atom. The molecule has 0 atom stereocenters. The summed E-state index contributed by atoms with van der Waals surface area (Å²) >= 11 is 0. The first-order valence-corrected chi connectivity index (χ1v) is 9.16. The van der Waals surface area contributed by atoms with Gasteiger partial charge in [0.1, 0.15) is 0 Å². The van der Waals surface area contributed by atoms with Crippen molar-refractivity contribution < 1.29 is 4.79 Å². The number of benzene rings is 2. The summed E-state index contributed by atoms with van der Waals surface area (Å²) in [6.07, 6.45) is 2.85. The molecule has 0 unspecified atom stereocenters. The molecule has 4 heteroatoms. The number of nitrogens with zero attached hydrogens (tertiary/aromatic N) is 2. The van der Waals surface area contributed by atoms with Gasteiger partial charge in [-0.1, -0.05) is 42.5 Å². The predicted molar refractivity (Wildman–Crippen MR) is 110 cm³/mol. The third-order valence-corrected chi connectivity index (χ3v) is 4.61. The molecule has 0 saturated heterocycles. The van der Waals surface area contributed by atoms with E-state index >= 15 is 0 Å². The van der Waals surface area contributed by atoms with E-state index in [1.54, 1.807) is 6.21 Å². The second kappa shape index (κ2) is 8.49. The van der Waals surface area contributed by atoms with E-state index in [2.05, 4.69) is 66.2 Å². The van der Waals surface area contributed by atoms with Gasteiger partial charge in [0, 0.05) is 29.1 Å². The zero-order valence-corrected chi connectivity index (χ0v) is 16.1. The molecule has 27 heavy (non-hydrogen) atoms. The number of nitrogens with one attached hydrogen (secondary N) is 1. The Bertz CT molecular complexity index is 955. The molecule has 2 aromatic carbocycles. The molecule has 1 N–H and O–H groups in total. The number of rotatable bonds is 6. The molecule has 138 valence electrons. The van der Waals surface area contributed by atoms with E-state index in [9.17, 15) is 4.79 Å². The lowest BCUT2D eigenvalue weighted by Gasteiger charge is -2.10. The molecule has 1 amide bonds. The number of carbonyl (C=O) groups excluding carboxylic acids is 1. The molecule has 0 saturated carbocycles. The van der Waals surface area contributed by atoms with Crippen molar-refractivity contribution in [1.29, 1.82) is 0 Å². The number of hydrogen-bond acceptors (Lipinski definition) is 2. The van der Waals surface area contributed by atoms with Crippen LogP contribution < -0.4 is 5.43 Å². The van der Waals surface area contributed by atoms with Gasteiger partial charge in [-0.2, -0.15) is 5.10 Å². The van der Waals surface area contributed by atoms with Crippen LogP contribution in [0.15, 0.2) is 65.8 Å². The average Bonchev–Trinajstić information content (AvgIpc) is 2.94. The number of aromatic nitrogens is 1. The van der Waals surface area contributed by atoms with Gasteiger partial charge in [-0.05, 0) is 56.5 Å². The van der Waals surface area contributed by atoms with Gasteiger partial charge in [-0.25, -0.2) is 5.43 Å². The zero-order chi connectivity index (χ0) is 19.2. The smallest absolute Gasteiger partial charge is 0.240 e. The second-order valence-corrected chi connectivity index (χ2v) is 6.78. The number of hydrogen-bond donors (Lipinski definition) is 1. The Kier molecular flexibility index (Phi) is 5.87. The van der Waals surface area contributed by atoms with Crippen LogP contribution in [-0.2, 0) is 11.2 Å². The molecule has 0 bridgehead atoms. The summed E-state index contributed by atoms with van der Waals surface area (Å²) in [6.45, 7) is 6.23. The fourth-order valence-corrected chi connectivity index (χ4v) is 3.21. The minimum absolute atomic E-state index is 0.0809. The SMILES string of the molecule is Cc1cccc(-n2c(C)cc(/C=N\NC(=O)CCc3ccccc3)c2C)c1. The lowest BCUT2D eigenvalue weighted by Crippen LogP contribution is -2.17. The van der Waals surface area contributed by atoms with E-state index in [-0.39, 0.29) is 5.91 Å². The van der Waals surface area contributed by atoms with Gasteiger partial charge in [0.15, 0.2) is 0 Å². The predicted octanol–water partition coefficient (Wildman–Crippen LogP) is 4.49. The van der Waals surface area contributed by atoms with Crippen LogP contribution in [0.25, 0.3) is 5.69 Å². The molecule has 3 rings (SSSR count). The normalized spacial score (nSPS) is 11.1. The highest BCUT2D eigenvalue weighted by molar-refractivity contribution is 5.84. The van der Waals surface area contributed by atoms with Crippen molar-refractivity contribution in [3.05, 3.63) is 88.7 Å². The monoisotopic (exact) mass is 359 g/mol. The molecule has 3 aromatic rings. The third kappa shape index (κ3) is 4.73. The van der Waals surface area contributed by atoms with Gasteiger partial charge in [0.05, 0.1) is 6.21 Å². The Hall–Kier alpha value is -3.14. The molecule has 0 aliphatic rings. The van der Waals surface area contributed by atoms with E-state index in [1.165, 1.54) is 5.56 Å². The summed E-state index contributed by atoms with van der Waals surface area (Å²) in [5.74, 6) is -0.0809. The summed E-state index contributed by atoms with van der Waals surface area (Å²) < 4.78 is 2.20. The molecule has 0 radical (unpaired) electrons. The average molecular weight is 359 g/mol. The lowest BCUT2D eigenvalue weighted by atomic mass is 10.1. The van der Waals surface area contributed by atoms with Crippen LogP contribution in [-0.4, -0.2) is 16.7 Å². The second-order valence-electron chi connectivity index (χ2n) is 6.78. The number of hydrazone groups is 1. The van der Waals surface area contributed by atoms with Crippen LogP contribution in [0.3, 0.4) is 0 Å². The van der Waals surface area contributed by atoms with Crippen LogP contribution in [0.2, 0.25) is 0 Å². The van der Waals surface area contributed by atoms with Gasteiger partial charge in [0.2, 0.25) is 5.91 Å². The van der Waals surface area contributed by atoms with Crippen LogP contribution in [0, 0.1) is 20.8 Å². The zero-order valence-electron chi connectivity index (χ0n) is 16.1. The van der Waals surface area contributed by atoms with Gasteiger partial charge in [-0.3, -0.25) is 4.79 Å². The topological polar surface area (TPSA) is 46.4 Å². The van der Waals surface area contributed by atoms with Gasteiger partial charge in [0.25, 0.3) is 0 Å². The van der Waals surface area contributed by atoms with Gasteiger partial charge in [-0.15, -0.1) is 0 Å². The largest absolute Gasteiger partial charge is 0.318 e. The molecule has 1 heterocycles. The molecule has 0 spiro atoms. The van der Waals surface area contributed by atoms with Crippen LogP contribution in [0.1, 0.15) is 34.5 Å². The van der Waals surface area contributed by atoms with Crippen molar-refractivity contribution in [3.63, 3.8) is 0 Å². The van der Waals surface area contributed by atoms with E-state index in [0.29, 0.717) is 12.8 Å². The van der Waals surface area contributed by atoms with Crippen LogP contribution in [0.4, 0.5) is 0 Å². The van der Waals surface area contributed by atoms with E-state index < -0.39 is 0 Å². The minimum atomic E-state index is -0.0809. The first kappa shape index (κ1) is 18.6. The first-order chi connectivity index (χ1) is 13.0. The van der Waals surface area contributed by atoms with Gasteiger partial charge < -0.3 is 4.57 Å². The van der Waals surface area contributed by atoms with Crippen LogP contribution in [0.5, 0.6) is 0 Å². The third-order valence-electron chi connectivity index (χ3n) is 4.61. The van der Waals surface area contributed by atoms with E-state index in [1.807, 2.05) is 30.3 Å². The number of amides is 1. The lowest BCUT2D eigenvalue weighted by molar-refractivity contribution is -0.121. The van der Waals surface area contributed by atoms with E-state index in [0.717, 1.165) is 28.2 Å². The quantitative estimate of drug-likeness (QED) is 0.512. The summed E-state index contributed by atoms with van der Waals surface area (Å²) in [6, 6.07) is 20.5. The molecule has 0 aliphatic carbocycles. The maximum atomic E-state index is 12.0. The Labute approximate surface area is 160 Å². The summed E-state index contributed by atoms with van der Waals surface area (Å²) in [7, 11) is 0. The number of carbonyl (C=O) groups is 1. The Morgan fingerprint density at radius 2 is 1.81 bits per heavy atom. The van der Waals surface area contributed by atoms with Crippen molar-refractivity contribution >= 4 is 12.1 Å². The van der Waals surface area contributed by atoms with Crippen molar-refractivity contribution in [1.82, 2.24) is 9.99 Å². The highest BCUT2D eigenvalue weighted by atomic mass is 16.2. The highest BCUT2D eigenvalue weighted by Gasteiger charge is 2.09. The fourth-order valence-electron chi connectivity index (χ4n) is 3.21. The van der Waals surface area contributed by atoms with Crippen LogP contribution >= 0.6 is 0 Å². The van der Waals surface area contributed by atoms with Crippen molar-refractivity contribution in [3.8, 4) is 5.69 Å². The maximum Gasteiger partial charge on any atom is 0.240 e. The minimum Gasteiger partial charge on any atom is -0.318 e. The molecular weight excluding hydrogens is 334 g/mol. The van der Waals surface area contributed by atoms with Gasteiger partial charge >= 0.3 is 0 Å². The van der Waals surface area contributed by atoms with Crippen molar-refractivity contribution in [2.24, 2.45) is 5.10 Å². The van der Waals surface area contributed by atoms with Crippen molar-refractivity contribution in [2.75, 3.05) is 0 Å². The molecule has 0 fully saturated rings. The van der Waals surface area contributed by atoms with E-state index in [4.69, 9.17) is 0 Å². The molecule has 1 aromatic heterocycles. The summed E-state index contributed by atoms with van der Waals surface area (Å²) in [4.78, 5) is 12.0. The van der Waals surface area contributed by atoms with Crippen molar-refractivity contribution in [2.45, 2.75) is 33.6 Å². The maximum absolute atomic E-state index is 12.0. The standard InChI is InChI=1S/C23H25N3O/c1-17-8-7-11-22(14-17)26-18(2)15-21(19(26)3)16-24-25-23(27)13-12-20-9-5-4-6-10-20/h4-11,14-16H,12-13H2,1-3H3,(H,25,27)/b24-16-. The Morgan fingerprint density at radius 1 is 1.04 bits per heavy atom. The molecule has 4 nitrogen and oxygen atoms in total. The summed E-state index contributed by atoms with van der Waals surface area (Å²) in [5.41, 5.74) is 9.37. The summed E-state index contributed by atoms with van der Waals surface area (Å²) in [5, 5.41) is 4.14. The Balaban J connectivity index is 1.64. The number of aryl methyl sites for hydroxylation is 3. The highest BCUT2D eigenvalue weighted by Crippen LogP contribution is 2.20. The molecular formula is C23H25N3O. The molecule has 0 aliphatic heterocycles.